The van der Waals surface area contributed by atoms with E-state index in [2.05, 4.69) is 5.32 Å². The summed E-state index contributed by atoms with van der Waals surface area (Å²) in [5.74, 6) is -1.76. The van der Waals surface area contributed by atoms with Crippen LogP contribution >= 0.6 is 11.6 Å². The molecule has 0 bridgehead atoms. The first-order valence-electron chi connectivity index (χ1n) is 9.37. The molecular weight excluding hydrogens is 460 g/mol. The van der Waals surface area contributed by atoms with Gasteiger partial charge in [-0.15, -0.1) is 0 Å². The van der Waals surface area contributed by atoms with Crippen LogP contribution in [-0.4, -0.2) is 31.7 Å². The van der Waals surface area contributed by atoms with Crippen molar-refractivity contribution in [2.45, 2.75) is 30.8 Å². The summed E-state index contributed by atoms with van der Waals surface area (Å²) in [6.07, 6.45) is -3.31. The zero-order valence-corrected chi connectivity index (χ0v) is 17.9. The molecule has 0 unspecified atom stereocenters. The van der Waals surface area contributed by atoms with Gasteiger partial charge in [0, 0.05) is 13.1 Å². The fourth-order valence-corrected chi connectivity index (χ4v) is 4.86. The molecule has 3 rings (SSSR count). The Morgan fingerprint density at radius 3 is 2.39 bits per heavy atom. The molecule has 11 heteroatoms. The maximum absolute atomic E-state index is 14.3. The molecule has 0 spiro atoms. The number of amides is 1. The minimum absolute atomic E-state index is 0.187. The van der Waals surface area contributed by atoms with Gasteiger partial charge in [-0.3, -0.25) is 4.79 Å². The first kappa shape index (κ1) is 23.5. The third kappa shape index (κ3) is 5.19. The van der Waals surface area contributed by atoms with E-state index in [1.54, 1.807) is 0 Å². The fourth-order valence-electron chi connectivity index (χ4n) is 3.20. The maximum atomic E-state index is 14.3. The standard InChI is InChI=1S/C20H19ClF4N2O3S/c1-12-6-8-27(9-7-12)31(29,30)14-3-5-17(22)15(11-14)19(28)26-18-10-13(20(23,24)25)2-4-16(18)21/h2-5,10-12H,6-9H2,1H3,(H,26,28). The Bertz CT molecular complexity index is 1100. The predicted molar refractivity (Wildman–Crippen MR) is 108 cm³/mol. The average molecular weight is 479 g/mol. The van der Waals surface area contributed by atoms with Crippen molar-refractivity contribution in [3.05, 3.63) is 58.4 Å². The highest BCUT2D eigenvalue weighted by atomic mass is 35.5. The number of sulfonamides is 1. The van der Waals surface area contributed by atoms with Gasteiger partial charge in [-0.1, -0.05) is 18.5 Å². The van der Waals surface area contributed by atoms with Crippen molar-refractivity contribution in [1.82, 2.24) is 4.31 Å². The number of piperidine rings is 1. The molecule has 1 amide bonds. The van der Waals surface area contributed by atoms with E-state index in [9.17, 15) is 30.8 Å². The second-order valence-corrected chi connectivity index (χ2v) is 9.72. The van der Waals surface area contributed by atoms with Crippen LogP contribution in [0.4, 0.5) is 23.2 Å². The summed E-state index contributed by atoms with van der Waals surface area (Å²) in [5, 5.41) is 1.94. The van der Waals surface area contributed by atoms with E-state index in [1.807, 2.05) is 6.92 Å². The van der Waals surface area contributed by atoms with Crippen molar-refractivity contribution in [1.29, 1.82) is 0 Å². The van der Waals surface area contributed by atoms with E-state index < -0.39 is 39.1 Å². The van der Waals surface area contributed by atoms with Crippen LogP contribution in [0, 0.1) is 11.7 Å². The van der Waals surface area contributed by atoms with Gasteiger partial charge in [-0.05, 0) is 55.2 Å². The van der Waals surface area contributed by atoms with E-state index in [-0.39, 0.29) is 15.6 Å². The van der Waals surface area contributed by atoms with E-state index >= 15 is 0 Å². The minimum atomic E-state index is -4.67. The fraction of sp³-hybridized carbons (Fsp3) is 0.350. The van der Waals surface area contributed by atoms with Crippen LogP contribution in [0.5, 0.6) is 0 Å². The third-order valence-electron chi connectivity index (χ3n) is 5.10. The number of hydrogen-bond acceptors (Lipinski definition) is 3. The number of rotatable bonds is 4. The number of anilines is 1. The Morgan fingerprint density at radius 2 is 1.77 bits per heavy atom. The van der Waals surface area contributed by atoms with Gasteiger partial charge in [-0.25, -0.2) is 12.8 Å². The molecule has 1 fully saturated rings. The number of carbonyl (C=O) groups excluding carboxylic acids is 1. The van der Waals surface area contributed by atoms with Crippen molar-refractivity contribution < 1.29 is 30.8 Å². The van der Waals surface area contributed by atoms with Crippen LogP contribution in [0.2, 0.25) is 5.02 Å². The van der Waals surface area contributed by atoms with E-state index in [0.29, 0.717) is 37.9 Å². The van der Waals surface area contributed by atoms with Gasteiger partial charge < -0.3 is 5.32 Å². The summed E-state index contributed by atoms with van der Waals surface area (Å²) >= 11 is 5.86. The topological polar surface area (TPSA) is 66.5 Å². The van der Waals surface area contributed by atoms with Crippen molar-refractivity contribution in [2.24, 2.45) is 5.92 Å². The number of hydrogen-bond donors (Lipinski definition) is 1. The van der Waals surface area contributed by atoms with Gasteiger partial charge in [0.25, 0.3) is 5.91 Å². The highest BCUT2D eigenvalue weighted by Crippen LogP contribution is 2.34. The van der Waals surface area contributed by atoms with Crippen molar-refractivity contribution in [3.8, 4) is 0 Å². The lowest BCUT2D eigenvalue weighted by molar-refractivity contribution is -0.137. The minimum Gasteiger partial charge on any atom is -0.321 e. The number of nitrogens with zero attached hydrogens (tertiary/aromatic N) is 1. The molecule has 0 aromatic heterocycles. The van der Waals surface area contributed by atoms with Crippen LogP contribution in [0.15, 0.2) is 41.3 Å². The SMILES string of the molecule is CC1CCN(S(=O)(=O)c2ccc(F)c(C(=O)Nc3cc(C(F)(F)F)ccc3Cl)c2)CC1. The lowest BCUT2D eigenvalue weighted by atomic mass is 10.0. The number of carbonyl (C=O) groups is 1. The molecule has 31 heavy (non-hydrogen) atoms. The Kier molecular flexibility index (Phi) is 6.64. The predicted octanol–water partition coefficient (Wildman–Crippen LogP) is 5.17. The second kappa shape index (κ2) is 8.76. The summed E-state index contributed by atoms with van der Waals surface area (Å²) < 4.78 is 80.1. The summed E-state index contributed by atoms with van der Waals surface area (Å²) in [6.45, 7) is 2.63. The van der Waals surface area contributed by atoms with Gasteiger partial charge in [0.2, 0.25) is 10.0 Å². The summed E-state index contributed by atoms with van der Waals surface area (Å²) in [7, 11) is -3.95. The number of benzene rings is 2. The smallest absolute Gasteiger partial charge is 0.321 e. The Labute approximate surface area is 182 Å². The van der Waals surface area contributed by atoms with E-state index in [0.717, 1.165) is 30.3 Å². The second-order valence-electron chi connectivity index (χ2n) is 7.37. The molecule has 1 aliphatic rings. The Balaban J connectivity index is 1.89. The van der Waals surface area contributed by atoms with Gasteiger partial charge >= 0.3 is 6.18 Å². The molecule has 0 radical (unpaired) electrons. The molecule has 1 heterocycles. The quantitative estimate of drug-likeness (QED) is 0.616. The van der Waals surface area contributed by atoms with Crippen LogP contribution in [-0.2, 0) is 16.2 Å². The summed E-state index contributed by atoms with van der Waals surface area (Å²) in [5.41, 5.74) is -2.05. The lowest BCUT2D eigenvalue weighted by Gasteiger charge is -2.29. The highest BCUT2D eigenvalue weighted by molar-refractivity contribution is 7.89. The molecule has 2 aromatic carbocycles. The average Bonchev–Trinajstić information content (AvgIpc) is 2.69. The maximum Gasteiger partial charge on any atom is 0.416 e. The van der Waals surface area contributed by atoms with Crippen LogP contribution < -0.4 is 5.32 Å². The normalized spacial score (nSPS) is 16.3. The largest absolute Gasteiger partial charge is 0.416 e. The van der Waals surface area contributed by atoms with Crippen molar-refractivity contribution in [2.75, 3.05) is 18.4 Å². The Hall–Kier alpha value is -2.17. The molecule has 5 nitrogen and oxygen atoms in total. The van der Waals surface area contributed by atoms with Gasteiger partial charge in [0.05, 0.1) is 26.7 Å². The van der Waals surface area contributed by atoms with E-state index in [1.165, 1.54) is 4.31 Å². The van der Waals surface area contributed by atoms with Gasteiger partial charge in [0.15, 0.2) is 0 Å². The van der Waals surface area contributed by atoms with Crippen LogP contribution in [0.25, 0.3) is 0 Å². The zero-order valence-electron chi connectivity index (χ0n) is 16.3. The third-order valence-corrected chi connectivity index (χ3v) is 7.33. The van der Waals surface area contributed by atoms with Gasteiger partial charge in [-0.2, -0.15) is 17.5 Å². The molecular formula is C20H19ClF4N2O3S. The summed E-state index contributed by atoms with van der Waals surface area (Å²) in [4.78, 5) is 12.3. The zero-order chi connectivity index (χ0) is 23.0. The number of alkyl halides is 3. The number of halogens is 5. The van der Waals surface area contributed by atoms with Crippen molar-refractivity contribution in [3.63, 3.8) is 0 Å². The molecule has 0 aliphatic carbocycles. The molecule has 1 aliphatic heterocycles. The molecule has 0 saturated carbocycles. The summed E-state index contributed by atoms with van der Waals surface area (Å²) in [6, 6.07) is 5.08. The van der Waals surface area contributed by atoms with Gasteiger partial charge in [0.1, 0.15) is 5.82 Å². The molecule has 2 aromatic rings. The van der Waals surface area contributed by atoms with Crippen molar-refractivity contribution >= 4 is 33.2 Å². The van der Waals surface area contributed by atoms with Crippen LogP contribution in [0.1, 0.15) is 35.7 Å². The van der Waals surface area contributed by atoms with Crippen LogP contribution in [0.3, 0.4) is 0 Å². The van der Waals surface area contributed by atoms with E-state index in [4.69, 9.17) is 11.6 Å². The molecule has 168 valence electrons. The first-order valence-corrected chi connectivity index (χ1v) is 11.2. The number of nitrogens with one attached hydrogen (secondary N) is 1. The first-order chi connectivity index (χ1) is 14.4. The highest BCUT2D eigenvalue weighted by Gasteiger charge is 2.32. The Morgan fingerprint density at radius 1 is 1.13 bits per heavy atom. The molecule has 1 N–H and O–H groups in total. The molecule has 0 atom stereocenters. The lowest BCUT2D eigenvalue weighted by Crippen LogP contribution is -2.38. The molecule has 1 saturated heterocycles. The monoisotopic (exact) mass is 478 g/mol.